The summed E-state index contributed by atoms with van der Waals surface area (Å²) >= 11 is 4.37. The fraction of sp³-hybridized carbons (Fsp3) is 0.167. The van der Waals surface area contributed by atoms with Gasteiger partial charge in [0.2, 0.25) is 0 Å². The second-order valence-electron chi connectivity index (χ2n) is 4.02. The van der Waals surface area contributed by atoms with E-state index in [9.17, 15) is 12.8 Å². The summed E-state index contributed by atoms with van der Waals surface area (Å²) in [4.78, 5) is 1.21. The first-order valence-corrected chi connectivity index (χ1v) is 8.61. The second-order valence-corrected chi connectivity index (χ2v) is 7.87. The topological polar surface area (TPSA) is 66.4 Å². The molecule has 0 aliphatic carbocycles. The number of benzene rings is 1. The summed E-state index contributed by atoms with van der Waals surface area (Å²) in [6.45, 7) is 1.43. The summed E-state index contributed by atoms with van der Waals surface area (Å²) in [5.74, 6) is -0.538. The lowest BCUT2D eigenvalue weighted by Crippen LogP contribution is -2.13. The molecule has 0 saturated heterocycles. The highest BCUT2D eigenvalue weighted by Crippen LogP contribution is 2.30. The van der Waals surface area contributed by atoms with Gasteiger partial charge >= 0.3 is 0 Å². The highest BCUT2D eigenvalue weighted by molar-refractivity contribution is 9.10. The molecular formula is C12H11BrFNO3S2. The quantitative estimate of drug-likeness (QED) is 0.856. The first-order chi connectivity index (χ1) is 9.33. The fourth-order valence-electron chi connectivity index (χ4n) is 1.64. The molecule has 1 aromatic carbocycles. The van der Waals surface area contributed by atoms with Crippen molar-refractivity contribution in [3.8, 4) is 0 Å². The number of hydrogen-bond acceptors (Lipinski definition) is 4. The molecule has 0 radical (unpaired) electrons. The average Bonchev–Trinajstić information content (AvgIpc) is 2.76. The molecule has 0 aliphatic heterocycles. The molecule has 0 bridgehead atoms. The summed E-state index contributed by atoms with van der Waals surface area (Å²) in [6.07, 6.45) is 0. The smallest absolute Gasteiger partial charge is 0.263 e. The van der Waals surface area contributed by atoms with E-state index in [2.05, 4.69) is 20.7 Å². The largest absolute Gasteiger partial charge is 0.391 e. The predicted octanol–water partition coefficient (Wildman–Crippen LogP) is 3.25. The lowest BCUT2D eigenvalue weighted by atomic mass is 10.3. The van der Waals surface area contributed by atoms with Gasteiger partial charge in [-0.1, -0.05) is 0 Å². The number of sulfonamides is 1. The van der Waals surface area contributed by atoms with E-state index in [-0.39, 0.29) is 17.2 Å². The molecule has 0 unspecified atom stereocenters. The molecule has 0 amide bonds. The molecule has 4 nitrogen and oxygen atoms in total. The molecule has 0 atom stereocenters. The molecule has 0 saturated carbocycles. The summed E-state index contributed by atoms with van der Waals surface area (Å²) in [7, 11) is -3.82. The molecule has 108 valence electrons. The van der Waals surface area contributed by atoms with Gasteiger partial charge in [0.05, 0.1) is 12.3 Å². The summed E-state index contributed by atoms with van der Waals surface area (Å²) in [5, 5.41) is 9.05. The SMILES string of the molecule is Cc1sc(CO)cc1S(=O)(=O)Nc1cc(F)ccc1Br. The first kappa shape index (κ1) is 15.4. The summed E-state index contributed by atoms with van der Waals surface area (Å²) in [6, 6.07) is 5.15. The van der Waals surface area contributed by atoms with Crippen LogP contribution < -0.4 is 4.72 Å². The third-order valence-corrected chi connectivity index (χ3v) is 5.89. The summed E-state index contributed by atoms with van der Waals surface area (Å²) in [5.41, 5.74) is 0.126. The van der Waals surface area contributed by atoms with E-state index in [0.717, 1.165) is 6.07 Å². The zero-order valence-corrected chi connectivity index (χ0v) is 13.6. The van der Waals surface area contributed by atoms with Crippen molar-refractivity contribution in [1.82, 2.24) is 0 Å². The van der Waals surface area contributed by atoms with Crippen LogP contribution in [0.5, 0.6) is 0 Å². The van der Waals surface area contributed by atoms with Gasteiger partial charge in [-0.3, -0.25) is 4.72 Å². The van der Waals surface area contributed by atoms with E-state index in [4.69, 9.17) is 5.11 Å². The normalized spacial score (nSPS) is 11.6. The minimum absolute atomic E-state index is 0.0858. The van der Waals surface area contributed by atoms with E-state index >= 15 is 0 Å². The lowest BCUT2D eigenvalue weighted by Gasteiger charge is -2.09. The van der Waals surface area contributed by atoms with Crippen molar-refractivity contribution in [2.75, 3.05) is 4.72 Å². The molecule has 20 heavy (non-hydrogen) atoms. The zero-order chi connectivity index (χ0) is 14.9. The molecule has 0 spiro atoms. The third-order valence-electron chi connectivity index (χ3n) is 2.54. The van der Waals surface area contributed by atoms with Crippen LogP contribution >= 0.6 is 27.3 Å². The van der Waals surface area contributed by atoms with Crippen molar-refractivity contribution in [3.05, 3.63) is 44.3 Å². The number of halogens is 2. The Kier molecular flexibility index (Phi) is 4.48. The molecule has 1 heterocycles. The van der Waals surface area contributed by atoms with Gasteiger partial charge < -0.3 is 5.11 Å². The number of aliphatic hydroxyl groups excluding tert-OH is 1. The first-order valence-electron chi connectivity index (χ1n) is 5.51. The minimum atomic E-state index is -3.82. The van der Waals surface area contributed by atoms with Crippen molar-refractivity contribution >= 4 is 43.0 Å². The van der Waals surface area contributed by atoms with Crippen LogP contribution in [0.15, 0.2) is 33.6 Å². The van der Waals surface area contributed by atoms with Crippen molar-refractivity contribution in [2.24, 2.45) is 0 Å². The number of thiophene rings is 1. The van der Waals surface area contributed by atoms with Gasteiger partial charge in [0.1, 0.15) is 10.7 Å². The second kappa shape index (κ2) is 5.80. The standard InChI is InChI=1S/C12H11BrFNO3S2/c1-7-12(5-9(6-16)19-7)20(17,18)15-11-4-8(14)2-3-10(11)13/h2-5,15-16H,6H2,1H3. The van der Waals surface area contributed by atoms with Gasteiger partial charge in [-0.25, -0.2) is 12.8 Å². The van der Waals surface area contributed by atoms with Gasteiger partial charge in [-0.15, -0.1) is 11.3 Å². The van der Waals surface area contributed by atoms with Crippen molar-refractivity contribution < 1.29 is 17.9 Å². The van der Waals surface area contributed by atoms with Crippen molar-refractivity contribution in [3.63, 3.8) is 0 Å². The molecule has 2 N–H and O–H groups in total. The number of aryl methyl sites for hydroxylation is 1. The van der Waals surface area contributed by atoms with Crippen LogP contribution in [0.25, 0.3) is 0 Å². The van der Waals surface area contributed by atoms with Gasteiger partial charge in [-0.05, 0) is 47.1 Å². The Bertz CT molecular complexity index is 743. The van der Waals surface area contributed by atoms with Crippen LogP contribution in [0.3, 0.4) is 0 Å². The fourth-order valence-corrected chi connectivity index (χ4v) is 4.69. The van der Waals surface area contributed by atoms with Gasteiger partial charge in [0.15, 0.2) is 0 Å². The van der Waals surface area contributed by atoms with Crippen LogP contribution in [0.2, 0.25) is 0 Å². The maximum atomic E-state index is 13.2. The Balaban J connectivity index is 2.40. The summed E-state index contributed by atoms with van der Waals surface area (Å²) < 4.78 is 40.5. The molecule has 1 aromatic heterocycles. The van der Waals surface area contributed by atoms with Gasteiger partial charge in [0.25, 0.3) is 10.0 Å². The number of nitrogens with one attached hydrogen (secondary N) is 1. The lowest BCUT2D eigenvalue weighted by molar-refractivity contribution is 0.285. The Hall–Kier alpha value is -0.960. The maximum absolute atomic E-state index is 13.2. The van der Waals surface area contributed by atoms with Crippen molar-refractivity contribution in [1.29, 1.82) is 0 Å². The van der Waals surface area contributed by atoms with Crippen LogP contribution in [-0.2, 0) is 16.6 Å². The minimum Gasteiger partial charge on any atom is -0.391 e. The van der Waals surface area contributed by atoms with Crippen molar-refractivity contribution in [2.45, 2.75) is 18.4 Å². The maximum Gasteiger partial charge on any atom is 0.263 e. The van der Waals surface area contributed by atoms with E-state index in [1.165, 1.54) is 29.5 Å². The number of aliphatic hydroxyl groups is 1. The Morgan fingerprint density at radius 1 is 1.40 bits per heavy atom. The van der Waals surface area contributed by atoms with E-state index < -0.39 is 15.8 Å². The monoisotopic (exact) mass is 379 g/mol. The zero-order valence-electron chi connectivity index (χ0n) is 10.4. The molecule has 8 heteroatoms. The molecule has 2 rings (SSSR count). The van der Waals surface area contributed by atoms with Crippen LogP contribution in [0.4, 0.5) is 10.1 Å². The number of rotatable bonds is 4. The average molecular weight is 380 g/mol. The predicted molar refractivity (Wildman–Crippen MR) is 79.9 cm³/mol. The molecule has 0 aliphatic rings. The Labute approximate surface area is 128 Å². The van der Waals surface area contributed by atoms with Crippen LogP contribution in [0, 0.1) is 12.7 Å². The van der Waals surface area contributed by atoms with E-state index in [1.54, 1.807) is 6.92 Å². The third kappa shape index (κ3) is 3.20. The van der Waals surface area contributed by atoms with Crippen LogP contribution in [0.1, 0.15) is 9.75 Å². The molecular weight excluding hydrogens is 369 g/mol. The Morgan fingerprint density at radius 2 is 2.10 bits per heavy atom. The number of hydrogen-bond donors (Lipinski definition) is 2. The van der Waals surface area contributed by atoms with E-state index in [1.807, 2.05) is 0 Å². The van der Waals surface area contributed by atoms with E-state index in [0.29, 0.717) is 14.2 Å². The Morgan fingerprint density at radius 3 is 2.70 bits per heavy atom. The molecule has 0 fully saturated rings. The number of anilines is 1. The van der Waals surface area contributed by atoms with Gasteiger partial charge in [0, 0.05) is 14.2 Å². The van der Waals surface area contributed by atoms with Gasteiger partial charge in [-0.2, -0.15) is 0 Å². The highest BCUT2D eigenvalue weighted by Gasteiger charge is 2.21. The molecule has 2 aromatic rings. The van der Waals surface area contributed by atoms with Crippen LogP contribution in [-0.4, -0.2) is 13.5 Å². The highest BCUT2D eigenvalue weighted by atomic mass is 79.9.